The summed E-state index contributed by atoms with van der Waals surface area (Å²) in [5.74, 6) is -0.242. The van der Waals surface area contributed by atoms with Gasteiger partial charge in [0.2, 0.25) is 5.95 Å². The molecule has 2 aliphatic rings. The van der Waals surface area contributed by atoms with Gasteiger partial charge in [0, 0.05) is 42.9 Å². The monoisotopic (exact) mass is 580 g/mol. The van der Waals surface area contributed by atoms with E-state index in [1.165, 1.54) is 6.34 Å². The second-order valence-electron chi connectivity index (χ2n) is 10.4. The summed E-state index contributed by atoms with van der Waals surface area (Å²) >= 11 is 3.45. The molecule has 0 bridgehead atoms. The van der Waals surface area contributed by atoms with E-state index in [-0.39, 0.29) is 5.95 Å². The van der Waals surface area contributed by atoms with E-state index in [0.717, 1.165) is 59.5 Å². The molecule has 5 N–H and O–H groups in total. The molecule has 2 aromatic carbocycles. The molecule has 38 heavy (non-hydrogen) atoms. The number of fused-ring (bicyclic) bond motifs is 1. The Morgan fingerprint density at radius 3 is 2.66 bits per heavy atom. The number of hydrogen-bond acceptors (Lipinski definition) is 7. The zero-order chi connectivity index (χ0) is 27.0. The van der Waals surface area contributed by atoms with Gasteiger partial charge in [-0.25, -0.2) is 4.98 Å². The van der Waals surface area contributed by atoms with Crippen molar-refractivity contribution in [1.82, 2.24) is 20.2 Å². The van der Waals surface area contributed by atoms with Gasteiger partial charge in [0.05, 0.1) is 17.4 Å². The topological polar surface area (TPSA) is 132 Å². The van der Waals surface area contributed by atoms with Crippen LogP contribution in [-0.4, -0.2) is 71.8 Å². The van der Waals surface area contributed by atoms with Crippen LogP contribution in [0.15, 0.2) is 45.9 Å². The minimum atomic E-state index is -1.52. The Morgan fingerprint density at radius 2 is 1.95 bits per heavy atom. The summed E-state index contributed by atoms with van der Waals surface area (Å²) in [5.41, 5.74) is 8.42. The molecule has 0 spiro atoms. The van der Waals surface area contributed by atoms with E-state index >= 15 is 0 Å². The van der Waals surface area contributed by atoms with Crippen molar-refractivity contribution in [2.24, 2.45) is 16.6 Å². The van der Waals surface area contributed by atoms with E-state index in [2.05, 4.69) is 77.3 Å². The molecule has 2 amide bonds. The van der Waals surface area contributed by atoms with Gasteiger partial charge in [0.1, 0.15) is 0 Å². The maximum absolute atomic E-state index is 13.4. The van der Waals surface area contributed by atoms with E-state index in [9.17, 15) is 9.59 Å². The van der Waals surface area contributed by atoms with Crippen LogP contribution in [0, 0.1) is 12.8 Å². The van der Waals surface area contributed by atoms with Crippen molar-refractivity contribution in [1.29, 1.82) is 0 Å². The van der Waals surface area contributed by atoms with Gasteiger partial charge in [0.15, 0.2) is 11.6 Å². The van der Waals surface area contributed by atoms with Crippen molar-refractivity contribution in [2.75, 3.05) is 42.9 Å². The van der Waals surface area contributed by atoms with Crippen LogP contribution in [0.25, 0.3) is 11.0 Å². The van der Waals surface area contributed by atoms with Gasteiger partial charge >= 0.3 is 0 Å². The molecule has 2 unspecified atom stereocenters. The highest BCUT2D eigenvalue weighted by Crippen LogP contribution is 2.34. The number of nitrogens with two attached hydrogens (primary N) is 1. The lowest BCUT2D eigenvalue weighted by Crippen LogP contribution is -2.59. The number of amides is 2. The number of hydrogen-bond donors (Lipinski definition) is 4. The smallest absolute Gasteiger partial charge is 0.254 e. The molecule has 2 aliphatic heterocycles. The fourth-order valence-electron chi connectivity index (χ4n) is 5.40. The van der Waals surface area contributed by atoms with Crippen LogP contribution in [-0.2, 0) is 15.1 Å². The van der Waals surface area contributed by atoms with Crippen LogP contribution < -0.4 is 21.3 Å². The third kappa shape index (κ3) is 4.88. The first-order chi connectivity index (χ1) is 18.2. The SMILES string of the molecule is Cc1ccc(Br)cc1C1(C(N)=O)NC=NC1C(=O)Nc1nc2ccc(N3CCN(CC(C)C)CC3)cc2[nH]1. The standard InChI is InChI=1S/C27H33BrN8O2/c1-16(2)14-35-8-10-36(11-9-35)19-6-7-21-22(13-19)33-26(32-21)34-24(37)23-27(25(29)38,31-15-30-23)20-12-18(28)5-4-17(20)3/h4-7,12-13,15-16,23H,8-11,14H2,1-3H3,(H2,29,38)(H,30,31)(H2,32,33,34,37). The van der Waals surface area contributed by atoms with Gasteiger partial charge in [-0.3, -0.25) is 24.8 Å². The fraction of sp³-hybridized carbons (Fsp3) is 0.407. The summed E-state index contributed by atoms with van der Waals surface area (Å²) in [6, 6.07) is 10.5. The van der Waals surface area contributed by atoms with Crippen LogP contribution in [0.3, 0.4) is 0 Å². The first kappa shape index (κ1) is 26.2. The molecule has 2 atom stereocenters. The molecule has 0 saturated carbocycles. The number of aliphatic imine (C=N–C) groups is 1. The molecule has 1 fully saturated rings. The van der Waals surface area contributed by atoms with Gasteiger partial charge < -0.3 is 20.9 Å². The molecule has 0 aliphatic carbocycles. The van der Waals surface area contributed by atoms with Crippen molar-refractivity contribution >= 4 is 56.8 Å². The predicted molar refractivity (Wildman–Crippen MR) is 153 cm³/mol. The van der Waals surface area contributed by atoms with Crippen molar-refractivity contribution in [3.8, 4) is 0 Å². The highest BCUT2D eigenvalue weighted by Gasteiger charge is 2.53. The number of carbonyl (C=O) groups excluding carboxylic acids is 2. The van der Waals surface area contributed by atoms with Crippen LogP contribution in [0.1, 0.15) is 25.0 Å². The third-order valence-corrected chi connectivity index (χ3v) is 7.75. The molecule has 0 radical (unpaired) electrons. The van der Waals surface area contributed by atoms with E-state index < -0.39 is 23.4 Å². The maximum atomic E-state index is 13.4. The number of benzene rings is 2. The summed E-state index contributed by atoms with van der Waals surface area (Å²) < 4.78 is 0.765. The first-order valence-electron chi connectivity index (χ1n) is 12.8. The number of piperazine rings is 1. The Morgan fingerprint density at radius 1 is 1.18 bits per heavy atom. The van der Waals surface area contributed by atoms with Crippen molar-refractivity contribution < 1.29 is 9.59 Å². The largest absolute Gasteiger partial charge is 0.369 e. The van der Waals surface area contributed by atoms with E-state index in [1.807, 2.05) is 25.1 Å². The Hall–Kier alpha value is -3.44. The zero-order valence-electron chi connectivity index (χ0n) is 21.8. The molecule has 11 heteroatoms. The summed E-state index contributed by atoms with van der Waals surface area (Å²) in [6.07, 6.45) is 1.36. The van der Waals surface area contributed by atoms with Gasteiger partial charge in [-0.05, 0) is 54.3 Å². The highest BCUT2D eigenvalue weighted by atomic mass is 79.9. The van der Waals surface area contributed by atoms with Gasteiger partial charge in [-0.1, -0.05) is 35.8 Å². The summed E-state index contributed by atoms with van der Waals surface area (Å²) in [7, 11) is 0. The quantitative estimate of drug-likeness (QED) is 0.340. The second-order valence-corrected chi connectivity index (χ2v) is 11.3. The fourth-order valence-corrected chi connectivity index (χ4v) is 5.76. The minimum Gasteiger partial charge on any atom is -0.369 e. The highest BCUT2D eigenvalue weighted by molar-refractivity contribution is 9.10. The molecule has 5 rings (SSSR count). The first-order valence-corrected chi connectivity index (χ1v) is 13.6. The normalized spacial score (nSPS) is 21.7. The van der Waals surface area contributed by atoms with Crippen molar-refractivity contribution in [3.63, 3.8) is 0 Å². The lowest BCUT2D eigenvalue weighted by molar-refractivity contribution is -0.129. The lowest BCUT2D eigenvalue weighted by atomic mass is 9.80. The second kappa shape index (κ2) is 10.4. The molecular formula is C27H33BrN8O2. The average Bonchev–Trinajstić information content (AvgIpc) is 3.50. The number of H-pyrrole nitrogens is 1. The number of nitrogens with zero attached hydrogens (tertiary/aromatic N) is 4. The lowest BCUT2D eigenvalue weighted by Gasteiger charge is -2.36. The third-order valence-electron chi connectivity index (χ3n) is 7.26. The summed E-state index contributed by atoms with van der Waals surface area (Å²) in [6.45, 7) is 11.5. The molecule has 10 nitrogen and oxygen atoms in total. The summed E-state index contributed by atoms with van der Waals surface area (Å²) in [5, 5.41) is 5.78. The number of aromatic nitrogens is 2. The molecule has 1 saturated heterocycles. The van der Waals surface area contributed by atoms with Crippen LogP contribution in [0.4, 0.5) is 11.6 Å². The number of primary amides is 1. The zero-order valence-corrected chi connectivity index (χ0v) is 23.4. The van der Waals surface area contributed by atoms with Crippen LogP contribution in [0.2, 0.25) is 0 Å². The molecule has 1 aromatic heterocycles. The van der Waals surface area contributed by atoms with Gasteiger partial charge in [0.25, 0.3) is 11.8 Å². The van der Waals surface area contributed by atoms with E-state index in [4.69, 9.17) is 5.73 Å². The number of halogens is 1. The minimum absolute atomic E-state index is 0.287. The Balaban J connectivity index is 1.34. The Bertz CT molecular complexity index is 1390. The number of anilines is 2. The number of aromatic amines is 1. The van der Waals surface area contributed by atoms with E-state index in [0.29, 0.717) is 11.5 Å². The number of rotatable bonds is 7. The van der Waals surface area contributed by atoms with Gasteiger partial charge in [-0.15, -0.1) is 0 Å². The van der Waals surface area contributed by atoms with Crippen LogP contribution >= 0.6 is 15.9 Å². The number of aryl methyl sites for hydroxylation is 1. The number of carbonyl (C=O) groups is 2. The number of nitrogens with one attached hydrogen (secondary N) is 3. The Labute approximate surface area is 230 Å². The molecule has 200 valence electrons. The van der Waals surface area contributed by atoms with Crippen molar-refractivity contribution in [3.05, 3.63) is 52.0 Å². The maximum Gasteiger partial charge on any atom is 0.254 e. The summed E-state index contributed by atoms with van der Waals surface area (Å²) in [4.78, 5) is 43.2. The van der Waals surface area contributed by atoms with Gasteiger partial charge in [-0.2, -0.15) is 0 Å². The molecular weight excluding hydrogens is 548 g/mol. The number of imidazole rings is 1. The van der Waals surface area contributed by atoms with E-state index in [1.54, 1.807) is 6.07 Å². The Kier molecular flexibility index (Phi) is 7.15. The van der Waals surface area contributed by atoms with Crippen LogP contribution in [0.5, 0.6) is 0 Å². The predicted octanol–water partition coefficient (Wildman–Crippen LogP) is 2.73. The molecule has 3 aromatic rings. The molecule has 3 heterocycles. The average molecular weight is 582 g/mol. The van der Waals surface area contributed by atoms with Crippen molar-refractivity contribution in [2.45, 2.75) is 32.4 Å².